The van der Waals surface area contributed by atoms with E-state index in [9.17, 15) is 9.18 Å². The molecule has 0 atom stereocenters. The molecule has 146 valence electrons. The van der Waals surface area contributed by atoms with Crippen LogP contribution >= 0.6 is 0 Å². The van der Waals surface area contributed by atoms with E-state index >= 15 is 0 Å². The van der Waals surface area contributed by atoms with E-state index in [2.05, 4.69) is 41.1 Å². The maximum Gasteiger partial charge on any atom is 0.322 e. The molecule has 0 fully saturated rings. The zero-order valence-electron chi connectivity index (χ0n) is 16.5. The lowest BCUT2D eigenvalue weighted by molar-refractivity contribution is 0.192. The zero-order valence-corrected chi connectivity index (χ0v) is 16.5. The third kappa shape index (κ3) is 4.80. The van der Waals surface area contributed by atoms with Crippen LogP contribution in [0.5, 0.6) is 0 Å². The van der Waals surface area contributed by atoms with E-state index < -0.39 is 5.82 Å². The fourth-order valence-electron chi connectivity index (χ4n) is 3.05. The molecule has 0 saturated heterocycles. The number of hydrogen-bond acceptors (Lipinski definition) is 1. The van der Waals surface area contributed by atoms with Crippen LogP contribution in [0.3, 0.4) is 0 Å². The fourth-order valence-corrected chi connectivity index (χ4v) is 3.05. The van der Waals surface area contributed by atoms with Crippen molar-refractivity contribution in [2.24, 2.45) is 0 Å². The van der Waals surface area contributed by atoms with Crippen LogP contribution in [-0.2, 0) is 13.1 Å². The molecule has 0 radical (unpaired) electrons. The third-order valence-electron chi connectivity index (χ3n) is 4.73. The minimum Gasteiger partial charge on any atom is -0.345 e. The molecule has 1 N–H and O–H groups in total. The Morgan fingerprint density at radius 2 is 1.79 bits per heavy atom. The number of aryl methyl sites for hydroxylation is 1. The van der Waals surface area contributed by atoms with Gasteiger partial charge in [-0.25, -0.2) is 9.18 Å². The number of nitrogens with one attached hydrogen (secondary N) is 1. The van der Waals surface area contributed by atoms with E-state index in [-0.39, 0.29) is 17.8 Å². The summed E-state index contributed by atoms with van der Waals surface area (Å²) in [4.78, 5) is 14.5. The van der Waals surface area contributed by atoms with Crippen LogP contribution in [0.1, 0.15) is 30.7 Å². The van der Waals surface area contributed by atoms with Crippen molar-refractivity contribution >= 4 is 11.7 Å². The first-order valence-corrected chi connectivity index (χ1v) is 9.46. The summed E-state index contributed by atoms with van der Waals surface area (Å²) in [6.45, 7) is 7.15. The van der Waals surface area contributed by atoms with Gasteiger partial charge in [0.1, 0.15) is 5.82 Å². The van der Waals surface area contributed by atoms with Crippen LogP contribution in [0.4, 0.5) is 14.9 Å². The molecule has 1 heterocycles. The molecule has 5 heteroatoms. The molecule has 0 unspecified atom stereocenters. The first-order chi connectivity index (χ1) is 13.4. The average Bonchev–Trinajstić information content (AvgIpc) is 3.10. The molecule has 2 aromatic carbocycles. The SMILES string of the molecule is Cc1ccc(Cn2cccc2CN(C(=O)Nc2ccccc2F)C(C)C)cc1. The quantitative estimate of drug-likeness (QED) is 0.609. The summed E-state index contributed by atoms with van der Waals surface area (Å²) in [5.41, 5.74) is 3.65. The largest absolute Gasteiger partial charge is 0.345 e. The Morgan fingerprint density at radius 1 is 1.07 bits per heavy atom. The monoisotopic (exact) mass is 379 g/mol. The lowest BCUT2D eigenvalue weighted by Crippen LogP contribution is -2.40. The summed E-state index contributed by atoms with van der Waals surface area (Å²) < 4.78 is 16.0. The average molecular weight is 379 g/mol. The molecule has 2 amide bonds. The molecule has 0 spiro atoms. The summed E-state index contributed by atoms with van der Waals surface area (Å²) >= 11 is 0. The number of benzene rings is 2. The minimum absolute atomic E-state index is 0.0329. The van der Waals surface area contributed by atoms with Gasteiger partial charge in [-0.3, -0.25) is 0 Å². The Balaban J connectivity index is 1.74. The molecular formula is C23H26FN3O. The highest BCUT2D eigenvalue weighted by atomic mass is 19.1. The number of aromatic nitrogens is 1. The van der Waals surface area contributed by atoms with Gasteiger partial charge in [-0.2, -0.15) is 0 Å². The van der Waals surface area contributed by atoms with Gasteiger partial charge in [0.05, 0.1) is 12.2 Å². The molecule has 3 aromatic rings. The van der Waals surface area contributed by atoms with E-state index in [1.807, 2.05) is 32.2 Å². The van der Waals surface area contributed by atoms with Crippen molar-refractivity contribution in [3.63, 3.8) is 0 Å². The number of amides is 2. The standard InChI is InChI=1S/C23H26FN3O/c1-17(2)27(23(28)25-22-9-5-4-8-21(22)24)16-20-7-6-14-26(20)15-19-12-10-18(3)11-13-19/h4-14,17H,15-16H2,1-3H3,(H,25,28). The second-order valence-corrected chi connectivity index (χ2v) is 7.24. The summed E-state index contributed by atoms with van der Waals surface area (Å²) in [6, 6.07) is 18.3. The van der Waals surface area contributed by atoms with Crippen LogP contribution in [-0.4, -0.2) is 21.5 Å². The van der Waals surface area contributed by atoms with Crippen molar-refractivity contribution in [2.75, 3.05) is 5.32 Å². The number of nitrogens with zero attached hydrogens (tertiary/aromatic N) is 2. The van der Waals surface area contributed by atoms with Gasteiger partial charge in [0.2, 0.25) is 0 Å². The van der Waals surface area contributed by atoms with Crippen LogP contribution in [0.2, 0.25) is 0 Å². The first-order valence-electron chi connectivity index (χ1n) is 9.46. The Labute approximate surface area is 165 Å². The molecule has 4 nitrogen and oxygen atoms in total. The number of rotatable bonds is 6. The predicted octanol–water partition coefficient (Wildman–Crippen LogP) is 5.43. The summed E-state index contributed by atoms with van der Waals surface area (Å²) in [5, 5.41) is 2.68. The van der Waals surface area contributed by atoms with Gasteiger partial charge in [-0.1, -0.05) is 42.0 Å². The Kier molecular flexibility index (Phi) is 6.14. The molecule has 1 aromatic heterocycles. The highest BCUT2D eigenvalue weighted by molar-refractivity contribution is 5.89. The molecule has 28 heavy (non-hydrogen) atoms. The van der Waals surface area contributed by atoms with Gasteiger partial charge in [-0.05, 0) is 50.6 Å². The lowest BCUT2D eigenvalue weighted by Gasteiger charge is -2.27. The summed E-state index contributed by atoms with van der Waals surface area (Å²) in [5.74, 6) is -0.442. The molecule has 0 saturated carbocycles. The minimum atomic E-state index is -0.442. The van der Waals surface area contributed by atoms with Gasteiger partial charge >= 0.3 is 6.03 Å². The van der Waals surface area contributed by atoms with Crippen LogP contribution in [0.15, 0.2) is 66.9 Å². The highest BCUT2D eigenvalue weighted by Gasteiger charge is 2.20. The van der Waals surface area contributed by atoms with Crippen molar-refractivity contribution in [3.05, 3.63) is 89.5 Å². The number of hydrogen-bond donors (Lipinski definition) is 1. The van der Waals surface area contributed by atoms with Crippen LogP contribution < -0.4 is 5.32 Å². The molecular weight excluding hydrogens is 353 g/mol. The molecule has 3 rings (SSSR count). The van der Waals surface area contributed by atoms with Crippen LogP contribution in [0.25, 0.3) is 0 Å². The van der Waals surface area contributed by atoms with Gasteiger partial charge in [0.15, 0.2) is 0 Å². The third-order valence-corrected chi connectivity index (χ3v) is 4.73. The normalized spacial score (nSPS) is 10.9. The molecule has 0 aliphatic rings. The van der Waals surface area contributed by atoms with E-state index in [4.69, 9.17) is 0 Å². The number of para-hydroxylation sites is 1. The number of halogens is 1. The topological polar surface area (TPSA) is 37.3 Å². The Bertz CT molecular complexity index is 931. The fraction of sp³-hybridized carbons (Fsp3) is 0.261. The first kappa shape index (κ1) is 19.7. The summed E-state index contributed by atoms with van der Waals surface area (Å²) in [6.07, 6.45) is 2.02. The zero-order chi connectivity index (χ0) is 20.1. The maximum atomic E-state index is 13.9. The van der Waals surface area contributed by atoms with Crippen molar-refractivity contribution in [1.82, 2.24) is 9.47 Å². The second-order valence-electron chi connectivity index (χ2n) is 7.24. The number of urea groups is 1. The van der Waals surface area contributed by atoms with Gasteiger partial charge in [-0.15, -0.1) is 0 Å². The molecule has 0 aliphatic heterocycles. The van der Waals surface area contributed by atoms with Crippen molar-refractivity contribution < 1.29 is 9.18 Å². The highest BCUT2D eigenvalue weighted by Crippen LogP contribution is 2.17. The smallest absolute Gasteiger partial charge is 0.322 e. The number of carbonyl (C=O) groups is 1. The Morgan fingerprint density at radius 3 is 2.46 bits per heavy atom. The van der Waals surface area contributed by atoms with E-state index in [1.165, 1.54) is 17.2 Å². The van der Waals surface area contributed by atoms with E-state index in [0.29, 0.717) is 6.54 Å². The van der Waals surface area contributed by atoms with E-state index in [0.717, 1.165) is 12.2 Å². The van der Waals surface area contributed by atoms with Crippen molar-refractivity contribution in [2.45, 2.75) is 39.9 Å². The number of carbonyl (C=O) groups excluding carboxylic acids is 1. The molecule has 0 aliphatic carbocycles. The van der Waals surface area contributed by atoms with Crippen molar-refractivity contribution in [1.29, 1.82) is 0 Å². The van der Waals surface area contributed by atoms with Crippen molar-refractivity contribution in [3.8, 4) is 0 Å². The molecule has 0 bridgehead atoms. The lowest BCUT2D eigenvalue weighted by atomic mass is 10.1. The van der Waals surface area contributed by atoms with Gasteiger partial charge in [0.25, 0.3) is 0 Å². The van der Waals surface area contributed by atoms with Crippen LogP contribution in [0, 0.1) is 12.7 Å². The Hall–Kier alpha value is -3.08. The second kappa shape index (κ2) is 8.74. The predicted molar refractivity (Wildman–Crippen MR) is 111 cm³/mol. The summed E-state index contributed by atoms with van der Waals surface area (Å²) in [7, 11) is 0. The van der Waals surface area contributed by atoms with Gasteiger partial charge in [0, 0.05) is 24.5 Å². The van der Waals surface area contributed by atoms with E-state index in [1.54, 1.807) is 23.1 Å². The number of anilines is 1. The van der Waals surface area contributed by atoms with Gasteiger partial charge < -0.3 is 14.8 Å². The maximum absolute atomic E-state index is 13.9.